The van der Waals surface area contributed by atoms with Gasteiger partial charge in [0.1, 0.15) is 0 Å². The van der Waals surface area contributed by atoms with Crippen LogP contribution in [-0.4, -0.2) is 45.2 Å². The number of amides is 1. The first-order valence-corrected chi connectivity index (χ1v) is 9.04. The fourth-order valence-electron chi connectivity index (χ4n) is 3.66. The Balaban J connectivity index is 1.49. The number of rotatable bonds is 3. The molecule has 1 aromatic heterocycles. The zero-order valence-electron chi connectivity index (χ0n) is 14.7. The van der Waals surface area contributed by atoms with Crippen molar-refractivity contribution in [3.63, 3.8) is 0 Å². The van der Waals surface area contributed by atoms with Gasteiger partial charge in [0.2, 0.25) is 5.95 Å². The molecule has 1 aliphatic carbocycles. The Morgan fingerprint density at radius 1 is 1.04 bits per heavy atom. The lowest BCUT2D eigenvalue weighted by molar-refractivity contribution is 0.0986. The number of nitrogens with two attached hydrogens (primary N) is 1. The third-order valence-electron chi connectivity index (χ3n) is 5.11. The maximum Gasteiger partial charge on any atom is 0.258 e. The van der Waals surface area contributed by atoms with Gasteiger partial charge in [0.25, 0.3) is 5.91 Å². The monoisotopic (exact) mass is 361 g/mol. The molecule has 27 heavy (non-hydrogen) atoms. The van der Waals surface area contributed by atoms with Gasteiger partial charge in [0.05, 0.1) is 17.1 Å². The molecule has 2 heterocycles. The van der Waals surface area contributed by atoms with Crippen molar-refractivity contribution in [2.75, 3.05) is 28.6 Å². The van der Waals surface area contributed by atoms with Crippen molar-refractivity contribution >= 4 is 23.2 Å². The predicted molar refractivity (Wildman–Crippen MR) is 102 cm³/mol. The summed E-state index contributed by atoms with van der Waals surface area (Å²) in [5.41, 5.74) is 9.13. The van der Waals surface area contributed by atoms with Crippen molar-refractivity contribution in [3.8, 4) is 5.69 Å². The molecule has 5 rings (SSSR count). The number of anilines is 3. The Labute approximate surface area is 156 Å². The SMILES string of the molecule is Nc1nnnn1-c1cccc(C(=O)N2CCN(C3CC3)c3ccccc32)c1. The third kappa shape index (κ3) is 2.69. The number of nitrogen functional groups attached to an aromatic ring is 1. The molecule has 0 atom stereocenters. The first-order valence-electron chi connectivity index (χ1n) is 9.04. The van der Waals surface area contributed by atoms with Crippen molar-refractivity contribution in [1.29, 1.82) is 0 Å². The molecule has 1 aliphatic heterocycles. The number of benzene rings is 2. The first kappa shape index (κ1) is 15.8. The van der Waals surface area contributed by atoms with Crippen molar-refractivity contribution in [3.05, 3.63) is 54.1 Å². The van der Waals surface area contributed by atoms with Crippen LogP contribution in [0.4, 0.5) is 17.3 Å². The van der Waals surface area contributed by atoms with E-state index in [1.807, 2.05) is 41.3 Å². The lowest BCUT2D eigenvalue weighted by Gasteiger charge is -2.38. The number of carbonyl (C=O) groups is 1. The van der Waals surface area contributed by atoms with Gasteiger partial charge in [-0.05, 0) is 53.6 Å². The second-order valence-corrected chi connectivity index (χ2v) is 6.87. The van der Waals surface area contributed by atoms with Gasteiger partial charge in [0, 0.05) is 24.7 Å². The Bertz CT molecular complexity index is 1010. The van der Waals surface area contributed by atoms with E-state index >= 15 is 0 Å². The molecule has 3 aromatic rings. The summed E-state index contributed by atoms with van der Waals surface area (Å²) >= 11 is 0. The Hall–Kier alpha value is -3.42. The van der Waals surface area contributed by atoms with Gasteiger partial charge in [-0.2, -0.15) is 4.68 Å². The van der Waals surface area contributed by atoms with Crippen LogP contribution < -0.4 is 15.5 Å². The second-order valence-electron chi connectivity index (χ2n) is 6.87. The maximum atomic E-state index is 13.3. The first-order chi connectivity index (χ1) is 13.2. The van der Waals surface area contributed by atoms with Crippen molar-refractivity contribution < 1.29 is 4.79 Å². The second kappa shape index (κ2) is 6.08. The van der Waals surface area contributed by atoms with Crippen LogP contribution in [0.3, 0.4) is 0 Å². The van der Waals surface area contributed by atoms with Gasteiger partial charge in [-0.25, -0.2) is 0 Å². The third-order valence-corrected chi connectivity index (χ3v) is 5.11. The van der Waals surface area contributed by atoms with E-state index in [1.165, 1.54) is 17.5 Å². The average Bonchev–Trinajstić information content (AvgIpc) is 3.47. The van der Waals surface area contributed by atoms with Crippen LogP contribution in [0.5, 0.6) is 0 Å². The van der Waals surface area contributed by atoms with E-state index in [9.17, 15) is 4.79 Å². The van der Waals surface area contributed by atoms with E-state index in [0.29, 0.717) is 23.8 Å². The topological polar surface area (TPSA) is 93.2 Å². The molecule has 8 nitrogen and oxygen atoms in total. The van der Waals surface area contributed by atoms with Crippen LogP contribution in [0.15, 0.2) is 48.5 Å². The van der Waals surface area contributed by atoms with Crippen molar-refractivity contribution in [2.24, 2.45) is 0 Å². The average molecular weight is 361 g/mol. The lowest BCUT2D eigenvalue weighted by Crippen LogP contribution is -2.45. The van der Waals surface area contributed by atoms with E-state index in [0.717, 1.165) is 17.9 Å². The smallest absolute Gasteiger partial charge is 0.258 e. The van der Waals surface area contributed by atoms with Gasteiger partial charge in [-0.15, -0.1) is 0 Å². The molecule has 1 saturated carbocycles. The summed E-state index contributed by atoms with van der Waals surface area (Å²) in [6.45, 7) is 1.52. The zero-order chi connectivity index (χ0) is 18.4. The van der Waals surface area contributed by atoms with Crippen molar-refractivity contribution in [1.82, 2.24) is 20.2 Å². The molecule has 0 saturated heterocycles. The van der Waals surface area contributed by atoms with Gasteiger partial charge < -0.3 is 15.5 Å². The minimum absolute atomic E-state index is 0.0357. The molecule has 2 aliphatic rings. The van der Waals surface area contributed by atoms with E-state index in [-0.39, 0.29) is 11.9 Å². The fourth-order valence-corrected chi connectivity index (χ4v) is 3.66. The summed E-state index contributed by atoms with van der Waals surface area (Å²) in [5, 5.41) is 11.1. The molecule has 0 radical (unpaired) electrons. The van der Waals surface area contributed by atoms with Crippen LogP contribution in [0.2, 0.25) is 0 Å². The molecule has 1 amide bonds. The minimum atomic E-state index is -0.0357. The summed E-state index contributed by atoms with van der Waals surface area (Å²) in [6.07, 6.45) is 2.47. The molecule has 0 spiro atoms. The highest BCUT2D eigenvalue weighted by atomic mass is 16.2. The molecule has 0 bridgehead atoms. The summed E-state index contributed by atoms with van der Waals surface area (Å²) in [7, 11) is 0. The zero-order valence-corrected chi connectivity index (χ0v) is 14.7. The van der Waals surface area contributed by atoms with Gasteiger partial charge >= 0.3 is 0 Å². The van der Waals surface area contributed by atoms with Crippen LogP contribution in [0.25, 0.3) is 5.69 Å². The molecule has 0 unspecified atom stereocenters. The van der Waals surface area contributed by atoms with Gasteiger partial charge in [0.15, 0.2) is 0 Å². The molecule has 136 valence electrons. The van der Waals surface area contributed by atoms with E-state index in [1.54, 1.807) is 6.07 Å². The predicted octanol–water partition coefficient (Wildman–Crippen LogP) is 1.87. The number of hydrogen-bond donors (Lipinski definition) is 1. The number of para-hydroxylation sites is 2. The quantitative estimate of drug-likeness (QED) is 0.765. The highest BCUT2D eigenvalue weighted by molar-refractivity contribution is 6.08. The van der Waals surface area contributed by atoms with Crippen LogP contribution in [-0.2, 0) is 0 Å². The van der Waals surface area contributed by atoms with E-state index in [4.69, 9.17) is 5.73 Å². The van der Waals surface area contributed by atoms with Gasteiger partial charge in [-0.3, -0.25) is 4.79 Å². The molecular formula is C19H19N7O. The summed E-state index contributed by atoms with van der Waals surface area (Å²) in [4.78, 5) is 17.6. The minimum Gasteiger partial charge on any atom is -0.366 e. The highest BCUT2D eigenvalue weighted by Crippen LogP contribution is 2.40. The standard InChI is InChI=1S/C19H19N7O/c20-19-21-22-23-26(19)15-5-3-4-13(12-15)18(27)25-11-10-24(14-8-9-14)16-6-1-2-7-17(16)25/h1-7,12,14H,8-11H2,(H2,20,21,23). The number of carbonyl (C=O) groups excluding carboxylic acids is 1. The molecule has 8 heteroatoms. The number of nitrogens with zero attached hydrogens (tertiary/aromatic N) is 6. The van der Waals surface area contributed by atoms with Gasteiger partial charge in [-0.1, -0.05) is 23.3 Å². The van der Waals surface area contributed by atoms with E-state index in [2.05, 4.69) is 26.5 Å². The molecule has 1 fully saturated rings. The van der Waals surface area contributed by atoms with Crippen LogP contribution in [0, 0.1) is 0 Å². The summed E-state index contributed by atoms with van der Waals surface area (Å²) < 4.78 is 1.41. The van der Waals surface area contributed by atoms with E-state index < -0.39 is 0 Å². The molecule has 2 aromatic carbocycles. The Morgan fingerprint density at radius 3 is 2.59 bits per heavy atom. The Kier molecular flexibility index (Phi) is 3.56. The molecular weight excluding hydrogens is 342 g/mol. The number of aromatic nitrogens is 4. The highest BCUT2D eigenvalue weighted by Gasteiger charge is 2.35. The number of hydrogen-bond acceptors (Lipinski definition) is 6. The molecule has 2 N–H and O–H groups in total. The fraction of sp³-hybridized carbons (Fsp3) is 0.263. The van der Waals surface area contributed by atoms with Crippen LogP contribution in [0.1, 0.15) is 23.2 Å². The summed E-state index contributed by atoms with van der Waals surface area (Å²) in [6, 6.07) is 16.0. The lowest BCUT2D eigenvalue weighted by atomic mass is 10.1. The Morgan fingerprint density at radius 2 is 1.85 bits per heavy atom. The largest absolute Gasteiger partial charge is 0.366 e. The summed E-state index contributed by atoms with van der Waals surface area (Å²) in [5.74, 6) is 0.148. The normalized spacial score (nSPS) is 16.3. The number of fused-ring (bicyclic) bond motifs is 1. The maximum absolute atomic E-state index is 13.3. The van der Waals surface area contributed by atoms with Crippen LogP contribution >= 0.6 is 0 Å². The van der Waals surface area contributed by atoms with Crippen molar-refractivity contribution in [2.45, 2.75) is 18.9 Å². The number of tetrazole rings is 1.